The van der Waals surface area contributed by atoms with Crippen molar-refractivity contribution in [2.45, 2.75) is 31.7 Å². The van der Waals surface area contributed by atoms with Crippen LogP contribution in [0, 0.1) is 5.92 Å². The minimum atomic E-state index is 0.361. The van der Waals surface area contributed by atoms with Crippen LogP contribution in [0.25, 0.3) is 0 Å². The van der Waals surface area contributed by atoms with E-state index in [2.05, 4.69) is 11.6 Å². The molecule has 0 heterocycles. The van der Waals surface area contributed by atoms with Gasteiger partial charge in [-0.15, -0.1) is 0 Å². The summed E-state index contributed by atoms with van der Waals surface area (Å²) in [6.45, 7) is 1.47. The first-order chi connectivity index (χ1) is 6.38. The predicted molar refractivity (Wildman–Crippen MR) is 59.2 cm³/mol. The van der Waals surface area contributed by atoms with Gasteiger partial charge in [-0.2, -0.15) is 11.8 Å². The first-order valence-corrected chi connectivity index (χ1v) is 6.61. The zero-order chi connectivity index (χ0) is 9.52. The van der Waals surface area contributed by atoms with Crippen LogP contribution in [0.15, 0.2) is 0 Å². The summed E-state index contributed by atoms with van der Waals surface area (Å²) in [6, 6.07) is 0.590. The minimum absolute atomic E-state index is 0.361. The molecule has 1 rings (SSSR count). The van der Waals surface area contributed by atoms with E-state index in [0.717, 1.165) is 6.54 Å². The van der Waals surface area contributed by atoms with Gasteiger partial charge in [-0.1, -0.05) is 6.42 Å². The van der Waals surface area contributed by atoms with Gasteiger partial charge in [-0.25, -0.2) is 0 Å². The Morgan fingerprint density at radius 1 is 1.46 bits per heavy atom. The lowest BCUT2D eigenvalue weighted by Gasteiger charge is -2.18. The summed E-state index contributed by atoms with van der Waals surface area (Å²) in [4.78, 5) is 0. The average Bonchev–Trinajstić information content (AvgIpc) is 2.60. The summed E-state index contributed by atoms with van der Waals surface area (Å²) in [7, 11) is 0. The molecule has 1 fully saturated rings. The molecule has 0 aromatic carbocycles. The van der Waals surface area contributed by atoms with Gasteiger partial charge in [-0.3, -0.25) is 0 Å². The summed E-state index contributed by atoms with van der Waals surface area (Å²) in [5.41, 5.74) is 0. The van der Waals surface area contributed by atoms with E-state index >= 15 is 0 Å². The first kappa shape index (κ1) is 11.3. The Bertz CT molecular complexity index is 132. The summed E-state index contributed by atoms with van der Waals surface area (Å²) >= 11 is 1.90. The second-order valence-corrected chi connectivity index (χ2v) is 4.77. The molecule has 2 unspecified atom stereocenters. The highest BCUT2D eigenvalue weighted by Gasteiger charge is 2.25. The minimum Gasteiger partial charge on any atom is -0.396 e. The van der Waals surface area contributed by atoms with E-state index in [-0.39, 0.29) is 0 Å². The lowest BCUT2D eigenvalue weighted by Crippen LogP contribution is -2.34. The largest absolute Gasteiger partial charge is 0.396 e. The Balaban J connectivity index is 2.06. The first-order valence-electron chi connectivity index (χ1n) is 5.21. The van der Waals surface area contributed by atoms with Crippen molar-refractivity contribution >= 4 is 11.8 Å². The van der Waals surface area contributed by atoms with Gasteiger partial charge in [-0.05, 0) is 43.7 Å². The van der Waals surface area contributed by atoms with Crippen molar-refractivity contribution in [3.05, 3.63) is 0 Å². The normalized spacial score (nSPS) is 28.2. The molecule has 13 heavy (non-hydrogen) atoms. The quantitative estimate of drug-likeness (QED) is 0.642. The molecule has 0 spiro atoms. The monoisotopic (exact) mass is 203 g/mol. The highest BCUT2D eigenvalue weighted by atomic mass is 32.2. The maximum atomic E-state index is 9.10. The molecular weight excluding hydrogens is 182 g/mol. The molecule has 1 saturated carbocycles. The average molecular weight is 203 g/mol. The maximum absolute atomic E-state index is 9.10. The Morgan fingerprint density at radius 2 is 2.31 bits per heavy atom. The van der Waals surface area contributed by atoms with Crippen LogP contribution in [0.4, 0.5) is 0 Å². The number of nitrogens with one attached hydrogen (secondary N) is 1. The van der Waals surface area contributed by atoms with Crippen molar-refractivity contribution in [1.82, 2.24) is 5.32 Å². The van der Waals surface area contributed by atoms with Gasteiger partial charge in [0, 0.05) is 12.6 Å². The van der Waals surface area contributed by atoms with E-state index in [0.29, 0.717) is 18.6 Å². The molecule has 0 amide bonds. The Labute approximate surface area is 85.5 Å². The van der Waals surface area contributed by atoms with Crippen LogP contribution >= 0.6 is 11.8 Å². The summed E-state index contributed by atoms with van der Waals surface area (Å²) < 4.78 is 0. The van der Waals surface area contributed by atoms with E-state index < -0.39 is 0 Å². The van der Waals surface area contributed by atoms with E-state index in [1.165, 1.54) is 31.4 Å². The van der Waals surface area contributed by atoms with Gasteiger partial charge in [0.05, 0.1) is 0 Å². The highest BCUT2D eigenvalue weighted by molar-refractivity contribution is 7.98. The number of hydrogen-bond acceptors (Lipinski definition) is 3. The van der Waals surface area contributed by atoms with Crippen molar-refractivity contribution < 1.29 is 5.11 Å². The van der Waals surface area contributed by atoms with Gasteiger partial charge in [0.2, 0.25) is 0 Å². The van der Waals surface area contributed by atoms with Crippen molar-refractivity contribution in [3.8, 4) is 0 Å². The standard InChI is InChI=1S/C10H21NOS/c1-13-7-3-6-11-10-5-2-4-9(10)8-12/h9-12H,2-8H2,1H3. The Kier molecular flexibility index (Phi) is 5.83. The van der Waals surface area contributed by atoms with E-state index in [1.807, 2.05) is 11.8 Å². The summed E-state index contributed by atoms with van der Waals surface area (Å²) in [5.74, 6) is 1.76. The van der Waals surface area contributed by atoms with Gasteiger partial charge < -0.3 is 10.4 Å². The Morgan fingerprint density at radius 3 is 3.00 bits per heavy atom. The maximum Gasteiger partial charge on any atom is 0.0474 e. The Hall–Kier alpha value is 0.270. The summed E-state index contributed by atoms with van der Waals surface area (Å²) in [5, 5.41) is 12.6. The van der Waals surface area contributed by atoms with Crippen molar-refractivity contribution in [3.63, 3.8) is 0 Å². The SMILES string of the molecule is CSCCCNC1CCCC1CO. The molecule has 1 aliphatic rings. The number of thioether (sulfide) groups is 1. The molecule has 2 nitrogen and oxygen atoms in total. The molecule has 0 aromatic heterocycles. The van der Waals surface area contributed by atoms with Crippen LogP contribution in [-0.4, -0.2) is 36.3 Å². The third-order valence-electron chi connectivity index (χ3n) is 2.83. The fraction of sp³-hybridized carbons (Fsp3) is 1.00. The third-order valence-corrected chi connectivity index (χ3v) is 3.52. The molecule has 2 atom stereocenters. The zero-order valence-corrected chi connectivity index (χ0v) is 9.28. The fourth-order valence-electron chi connectivity index (χ4n) is 2.03. The molecule has 1 aliphatic carbocycles. The van der Waals surface area contributed by atoms with Crippen LogP contribution in [0.1, 0.15) is 25.7 Å². The molecule has 0 aromatic rings. The smallest absolute Gasteiger partial charge is 0.0474 e. The molecule has 2 N–H and O–H groups in total. The van der Waals surface area contributed by atoms with Gasteiger partial charge in [0.15, 0.2) is 0 Å². The third kappa shape index (κ3) is 3.88. The zero-order valence-electron chi connectivity index (χ0n) is 8.46. The van der Waals surface area contributed by atoms with E-state index in [1.54, 1.807) is 0 Å². The van der Waals surface area contributed by atoms with Gasteiger partial charge >= 0.3 is 0 Å². The number of aliphatic hydroxyl groups excluding tert-OH is 1. The molecule has 0 bridgehead atoms. The van der Waals surface area contributed by atoms with Crippen LogP contribution in [0.2, 0.25) is 0 Å². The van der Waals surface area contributed by atoms with E-state index in [4.69, 9.17) is 5.11 Å². The van der Waals surface area contributed by atoms with Crippen molar-refractivity contribution in [1.29, 1.82) is 0 Å². The van der Waals surface area contributed by atoms with Crippen LogP contribution in [0.3, 0.4) is 0 Å². The van der Waals surface area contributed by atoms with Gasteiger partial charge in [0.25, 0.3) is 0 Å². The number of hydrogen-bond donors (Lipinski definition) is 2. The highest BCUT2D eigenvalue weighted by Crippen LogP contribution is 2.24. The number of aliphatic hydroxyl groups is 1. The van der Waals surface area contributed by atoms with Gasteiger partial charge in [0.1, 0.15) is 0 Å². The lowest BCUT2D eigenvalue weighted by atomic mass is 10.1. The lowest BCUT2D eigenvalue weighted by molar-refractivity contribution is 0.206. The predicted octanol–water partition coefficient (Wildman–Crippen LogP) is 1.49. The fourth-order valence-corrected chi connectivity index (χ4v) is 2.46. The topological polar surface area (TPSA) is 32.3 Å². The van der Waals surface area contributed by atoms with Crippen LogP contribution in [0.5, 0.6) is 0 Å². The van der Waals surface area contributed by atoms with Crippen LogP contribution < -0.4 is 5.32 Å². The molecule has 3 heteroatoms. The van der Waals surface area contributed by atoms with E-state index in [9.17, 15) is 0 Å². The molecule has 0 radical (unpaired) electrons. The molecular formula is C10H21NOS. The second kappa shape index (κ2) is 6.68. The van der Waals surface area contributed by atoms with Crippen molar-refractivity contribution in [2.75, 3.05) is 25.2 Å². The second-order valence-electron chi connectivity index (χ2n) is 3.78. The summed E-state index contributed by atoms with van der Waals surface area (Å²) in [6.07, 6.45) is 7.13. The molecule has 78 valence electrons. The van der Waals surface area contributed by atoms with Crippen molar-refractivity contribution in [2.24, 2.45) is 5.92 Å². The molecule has 0 saturated heterocycles. The number of rotatable bonds is 6. The van der Waals surface area contributed by atoms with Crippen LogP contribution in [-0.2, 0) is 0 Å². The molecule has 0 aliphatic heterocycles.